The Hall–Kier alpha value is -3.19. The molecule has 0 radical (unpaired) electrons. The van der Waals surface area contributed by atoms with Crippen molar-refractivity contribution in [3.05, 3.63) is 89.2 Å². The van der Waals surface area contributed by atoms with Crippen molar-refractivity contribution in [3.8, 4) is 0 Å². The molecular formula is C20H21N3O3S. The van der Waals surface area contributed by atoms with Gasteiger partial charge in [0, 0.05) is 11.4 Å². The lowest BCUT2D eigenvalue weighted by Gasteiger charge is -2.15. The van der Waals surface area contributed by atoms with E-state index in [0.29, 0.717) is 17.8 Å². The number of benzene rings is 2. The van der Waals surface area contributed by atoms with E-state index in [1.165, 1.54) is 5.41 Å². The molecule has 0 atom stereocenters. The second kappa shape index (κ2) is 10.1. The van der Waals surface area contributed by atoms with Crippen LogP contribution in [0.1, 0.15) is 17.5 Å². The van der Waals surface area contributed by atoms with Crippen molar-refractivity contribution in [1.82, 2.24) is 10.6 Å². The van der Waals surface area contributed by atoms with E-state index in [1.54, 1.807) is 0 Å². The first-order valence-electron chi connectivity index (χ1n) is 8.18. The van der Waals surface area contributed by atoms with Crippen molar-refractivity contribution < 1.29 is 14.7 Å². The molecule has 0 spiro atoms. The third kappa shape index (κ3) is 6.91. The van der Waals surface area contributed by atoms with Gasteiger partial charge in [0.05, 0.1) is 6.42 Å². The topological polar surface area (TPSA) is 90.5 Å². The van der Waals surface area contributed by atoms with Crippen molar-refractivity contribution in [2.45, 2.75) is 12.8 Å². The zero-order valence-corrected chi connectivity index (χ0v) is 15.5. The summed E-state index contributed by atoms with van der Waals surface area (Å²) in [5.41, 5.74) is 3.09. The minimum Gasteiger partial charge on any atom is -0.481 e. The Morgan fingerprint density at radius 1 is 1.04 bits per heavy atom. The summed E-state index contributed by atoms with van der Waals surface area (Å²) in [6, 6.07) is 17.0. The van der Waals surface area contributed by atoms with E-state index in [-0.39, 0.29) is 12.2 Å². The number of carboxylic acids is 1. The number of para-hydroxylation sites is 1. The molecule has 0 fully saturated rings. The minimum absolute atomic E-state index is 0.148. The predicted molar refractivity (Wildman–Crippen MR) is 109 cm³/mol. The molecule has 0 aliphatic heterocycles. The van der Waals surface area contributed by atoms with Crippen molar-refractivity contribution in [2.24, 2.45) is 0 Å². The highest BCUT2D eigenvalue weighted by atomic mass is 32.1. The minimum atomic E-state index is -1.02. The molecule has 0 aromatic heterocycles. The van der Waals surface area contributed by atoms with Gasteiger partial charge in [-0.1, -0.05) is 55.1 Å². The van der Waals surface area contributed by atoms with Crippen LogP contribution in [-0.2, 0) is 11.2 Å². The van der Waals surface area contributed by atoms with Gasteiger partial charge in [0.1, 0.15) is 5.82 Å². The van der Waals surface area contributed by atoms with Crippen molar-refractivity contribution in [1.29, 1.82) is 0 Å². The molecule has 2 rings (SSSR count). The maximum atomic E-state index is 12.2. The molecule has 27 heavy (non-hydrogen) atoms. The lowest BCUT2D eigenvalue weighted by Crippen LogP contribution is -2.34. The number of hydrogen-bond acceptors (Lipinski definition) is 4. The van der Waals surface area contributed by atoms with E-state index in [0.717, 1.165) is 11.1 Å². The number of carbonyl (C=O) groups is 2. The van der Waals surface area contributed by atoms with Gasteiger partial charge < -0.3 is 15.7 Å². The number of anilines is 1. The molecule has 4 N–H and O–H groups in total. The average Bonchev–Trinajstić information content (AvgIpc) is 2.63. The number of carbonyl (C=O) groups excluding carboxylic acids is 1. The first-order valence-corrected chi connectivity index (χ1v) is 8.70. The summed E-state index contributed by atoms with van der Waals surface area (Å²) in [7, 11) is 0. The number of hydrogen-bond donors (Lipinski definition) is 5. The number of rotatable bonds is 8. The average molecular weight is 383 g/mol. The van der Waals surface area contributed by atoms with Gasteiger partial charge in [-0.05, 0) is 29.0 Å². The summed E-state index contributed by atoms with van der Waals surface area (Å²) in [6.07, 6.45) is 0.424. The first-order chi connectivity index (χ1) is 13.0. The largest absolute Gasteiger partial charge is 0.481 e. The van der Waals surface area contributed by atoms with Crippen LogP contribution in [0.4, 0.5) is 10.5 Å². The molecule has 0 aliphatic rings. The predicted octanol–water partition coefficient (Wildman–Crippen LogP) is 3.71. The molecule has 0 bridgehead atoms. The maximum absolute atomic E-state index is 12.2. The summed E-state index contributed by atoms with van der Waals surface area (Å²) in [4.78, 5) is 23.0. The van der Waals surface area contributed by atoms with E-state index in [4.69, 9.17) is 5.11 Å². The van der Waals surface area contributed by atoms with Crippen molar-refractivity contribution in [3.63, 3.8) is 0 Å². The first kappa shape index (κ1) is 20.1. The Balaban J connectivity index is 1.97. The monoisotopic (exact) mass is 383 g/mol. The number of urea groups is 1. The van der Waals surface area contributed by atoms with Crippen LogP contribution in [-0.4, -0.2) is 17.1 Å². The molecule has 0 saturated carbocycles. The van der Waals surface area contributed by atoms with Gasteiger partial charge >= 0.3 is 12.0 Å². The standard InChI is InChI=1S/C20H21N3O3S/c1-14(21-17(13-27)12-19(24)25)22-20(26)23-18-10-6-5-9-16(18)11-15-7-3-2-4-8-15/h2-10,13,21,27H,1,11-12H2,(H,24,25)(H2,22,23,26)/b17-13-. The Morgan fingerprint density at radius 2 is 1.70 bits per heavy atom. The molecule has 0 heterocycles. The number of thiol groups is 1. The summed E-state index contributed by atoms with van der Waals surface area (Å²) in [5, 5.41) is 18.2. The summed E-state index contributed by atoms with van der Waals surface area (Å²) >= 11 is 3.94. The van der Waals surface area contributed by atoms with Gasteiger partial charge in [-0.25, -0.2) is 4.79 Å². The van der Waals surface area contributed by atoms with E-state index in [1.807, 2.05) is 54.6 Å². The molecule has 7 heteroatoms. The fourth-order valence-electron chi connectivity index (χ4n) is 2.41. The third-order valence-corrected chi connectivity index (χ3v) is 3.89. The SMILES string of the molecule is C=C(NC(=O)Nc1ccccc1Cc1ccccc1)N/C(=C\S)CC(=O)O. The van der Waals surface area contributed by atoms with Gasteiger partial charge in [0.25, 0.3) is 0 Å². The van der Waals surface area contributed by atoms with Crippen LogP contribution in [0.5, 0.6) is 0 Å². The molecule has 6 nitrogen and oxygen atoms in total. The Bertz CT molecular complexity index is 851. The molecule has 2 aromatic carbocycles. The lowest BCUT2D eigenvalue weighted by molar-refractivity contribution is -0.136. The van der Waals surface area contributed by atoms with Crippen LogP contribution in [0.2, 0.25) is 0 Å². The van der Waals surface area contributed by atoms with Gasteiger partial charge in [0.2, 0.25) is 0 Å². The van der Waals surface area contributed by atoms with Crippen LogP contribution < -0.4 is 16.0 Å². The highest BCUT2D eigenvalue weighted by Crippen LogP contribution is 2.19. The van der Waals surface area contributed by atoms with Crippen LogP contribution in [0, 0.1) is 0 Å². The fraction of sp³-hybridized carbons (Fsp3) is 0.100. The highest BCUT2D eigenvalue weighted by molar-refractivity contribution is 7.83. The van der Waals surface area contributed by atoms with Crippen LogP contribution in [0.3, 0.4) is 0 Å². The molecule has 0 aliphatic carbocycles. The Labute approximate surface area is 163 Å². The number of carboxylic acid groups (broad SMARTS) is 1. The highest BCUT2D eigenvalue weighted by Gasteiger charge is 2.10. The number of nitrogens with one attached hydrogen (secondary N) is 3. The summed E-state index contributed by atoms with van der Waals surface area (Å²) in [5.74, 6) is -0.871. The number of aliphatic carboxylic acids is 1. The molecule has 0 unspecified atom stereocenters. The molecule has 0 saturated heterocycles. The van der Waals surface area contributed by atoms with Gasteiger partial charge in [-0.3, -0.25) is 10.1 Å². The zero-order valence-electron chi connectivity index (χ0n) is 14.6. The maximum Gasteiger partial charge on any atom is 0.324 e. The summed E-state index contributed by atoms with van der Waals surface area (Å²) in [6.45, 7) is 3.67. The molecule has 2 amide bonds. The quantitative estimate of drug-likeness (QED) is 0.450. The van der Waals surface area contributed by atoms with Gasteiger partial charge in [-0.15, -0.1) is 12.6 Å². The fourth-order valence-corrected chi connectivity index (χ4v) is 2.57. The Morgan fingerprint density at radius 3 is 2.37 bits per heavy atom. The smallest absolute Gasteiger partial charge is 0.324 e. The van der Waals surface area contributed by atoms with Crippen molar-refractivity contribution in [2.75, 3.05) is 5.32 Å². The van der Waals surface area contributed by atoms with Crippen LogP contribution in [0.15, 0.2) is 78.1 Å². The van der Waals surface area contributed by atoms with Gasteiger partial charge in [-0.2, -0.15) is 0 Å². The number of amides is 2. The zero-order chi connectivity index (χ0) is 19.6. The molecule has 2 aromatic rings. The van der Waals surface area contributed by atoms with Gasteiger partial charge in [0.15, 0.2) is 0 Å². The van der Waals surface area contributed by atoms with E-state index in [9.17, 15) is 9.59 Å². The van der Waals surface area contributed by atoms with Crippen molar-refractivity contribution >= 4 is 30.3 Å². The van der Waals surface area contributed by atoms with E-state index in [2.05, 4.69) is 35.2 Å². The molecule has 140 valence electrons. The van der Waals surface area contributed by atoms with Crippen LogP contribution in [0.25, 0.3) is 0 Å². The summed E-state index contributed by atoms with van der Waals surface area (Å²) < 4.78 is 0. The normalized spacial score (nSPS) is 10.8. The Kier molecular flexibility index (Phi) is 7.51. The second-order valence-corrected chi connectivity index (χ2v) is 5.99. The molecular weight excluding hydrogens is 362 g/mol. The van der Waals surface area contributed by atoms with Crippen LogP contribution >= 0.6 is 12.6 Å². The van der Waals surface area contributed by atoms with E-state index >= 15 is 0 Å². The second-order valence-electron chi connectivity index (χ2n) is 5.73. The lowest BCUT2D eigenvalue weighted by atomic mass is 10.0. The van der Waals surface area contributed by atoms with E-state index < -0.39 is 12.0 Å². The third-order valence-electron chi connectivity index (χ3n) is 3.58.